The van der Waals surface area contributed by atoms with Crippen molar-refractivity contribution in [2.45, 2.75) is 13.0 Å². The van der Waals surface area contributed by atoms with Crippen LogP contribution in [0.25, 0.3) is 11.4 Å². The molecule has 1 aliphatic rings. The van der Waals surface area contributed by atoms with Gasteiger partial charge in [0, 0.05) is 36.8 Å². The average molecular weight is 431 g/mol. The summed E-state index contributed by atoms with van der Waals surface area (Å²) in [5.41, 5.74) is 1.40. The molecule has 4 rings (SSSR count). The SMILES string of the molecule is CC(c1nc(-c2ccccc2)no1)N1CCN(C(=O)c2ccc(Cl)cc2Cl)CC1. The largest absolute Gasteiger partial charge is 0.337 e. The van der Waals surface area contributed by atoms with E-state index < -0.39 is 0 Å². The van der Waals surface area contributed by atoms with Crippen molar-refractivity contribution in [2.24, 2.45) is 0 Å². The van der Waals surface area contributed by atoms with Crippen LogP contribution < -0.4 is 0 Å². The zero-order valence-electron chi connectivity index (χ0n) is 15.9. The Morgan fingerprint density at radius 2 is 1.79 bits per heavy atom. The zero-order valence-corrected chi connectivity index (χ0v) is 17.4. The molecule has 0 radical (unpaired) electrons. The molecule has 0 saturated carbocycles. The van der Waals surface area contributed by atoms with E-state index in [1.807, 2.05) is 42.2 Å². The minimum Gasteiger partial charge on any atom is -0.337 e. The second-order valence-corrected chi connectivity index (χ2v) is 7.79. The van der Waals surface area contributed by atoms with Crippen LogP contribution in [0.5, 0.6) is 0 Å². The molecule has 3 aromatic rings. The molecule has 0 aliphatic carbocycles. The van der Waals surface area contributed by atoms with Crippen molar-refractivity contribution < 1.29 is 9.32 Å². The average Bonchev–Trinajstić information content (AvgIpc) is 3.24. The van der Waals surface area contributed by atoms with Crippen molar-refractivity contribution in [2.75, 3.05) is 26.2 Å². The minimum absolute atomic E-state index is 0.0312. The highest BCUT2D eigenvalue weighted by molar-refractivity contribution is 6.36. The third-order valence-electron chi connectivity index (χ3n) is 5.14. The quantitative estimate of drug-likeness (QED) is 0.606. The van der Waals surface area contributed by atoms with Crippen molar-refractivity contribution in [3.05, 3.63) is 70.0 Å². The monoisotopic (exact) mass is 430 g/mol. The predicted octanol–water partition coefficient (Wildman–Crippen LogP) is 4.56. The van der Waals surface area contributed by atoms with Gasteiger partial charge in [-0.3, -0.25) is 9.69 Å². The fourth-order valence-electron chi connectivity index (χ4n) is 3.41. The summed E-state index contributed by atoms with van der Waals surface area (Å²) in [6.07, 6.45) is 0. The molecule has 1 aliphatic heterocycles. The van der Waals surface area contributed by atoms with Gasteiger partial charge in [-0.1, -0.05) is 58.7 Å². The van der Waals surface area contributed by atoms with E-state index in [0.29, 0.717) is 53.5 Å². The number of amides is 1. The van der Waals surface area contributed by atoms with Gasteiger partial charge in [-0.2, -0.15) is 4.98 Å². The first-order chi connectivity index (χ1) is 14.0. The number of benzene rings is 2. The van der Waals surface area contributed by atoms with Gasteiger partial charge in [-0.05, 0) is 25.1 Å². The molecule has 150 valence electrons. The van der Waals surface area contributed by atoms with E-state index in [1.54, 1.807) is 18.2 Å². The highest BCUT2D eigenvalue weighted by Gasteiger charge is 2.28. The van der Waals surface area contributed by atoms with Gasteiger partial charge in [0.05, 0.1) is 16.6 Å². The Hall–Kier alpha value is -2.41. The van der Waals surface area contributed by atoms with Crippen LogP contribution in [0.4, 0.5) is 0 Å². The van der Waals surface area contributed by atoms with Gasteiger partial charge in [0.1, 0.15) is 0 Å². The van der Waals surface area contributed by atoms with E-state index >= 15 is 0 Å². The van der Waals surface area contributed by atoms with E-state index in [9.17, 15) is 4.79 Å². The molecule has 29 heavy (non-hydrogen) atoms. The fourth-order valence-corrected chi connectivity index (χ4v) is 3.90. The molecule has 1 unspecified atom stereocenters. The highest BCUT2D eigenvalue weighted by Crippen LogP contribution is 2.25. The van der Waals surface area contributed by atoms with E-state index in [0.717, 1.165) is 5.56 Å². The summed E-state index contributed by atoms with van der Waals surface area (Å²) >= 11 is 12.1. The topological polar surface area (TPSA) is 62.5 Å². The van der Waals surface area contributed by atoms with Gasteiger partial charge >= 0.3 is 0 Å². The summed E-state index contributed by atoms with van der Waals surface area (Å²) in [5, 5.41) is 4.99. The standard InChI is InChI=1S/C21H20Cl2N4O2/c1-14(20-24-19(25-29-20)15-5-3-2-4-6-15)26-9-11-27(12-10-26)21(28)17-8-7-16(22)13-18(17)23/h2-8,13-14H,9-12H2,1H3. The van der Waals surface area contributed by atoms with Crippen molar-refractivity contribution in [1.82, 2.24) is 19.9 Å². The first-order valence-corrected chi connectivity index (χ1v) is 10.2. The number of carbonyl (C=O) groups is 1. The van der Waals surface area contributed by atoms with Gasteiger partial charge in [-0.15, -0.1) is 0 Å². The van der Waals surface area contributed by atoms with Gasteiger partial charge in [0.15, 0.2) is 0 Å². The van der Waals surface area contributed by atoms with Crippen molar-refractivity contribution >= 4 is 29.1 Å². The lowest BCUT2D eigenvalue weighted by Crippen LogP contribution is -2.49. The maximum Gasteiger partial charge on any atom is 0.255 e. The van der Waals surface area contributed by atoms with E-state index in [4.69, 9.17) is 27.7 Å². The molecular weight excluding hydrogens is 411 g/mol. The number of carbonyl (C=O) groups excluding carboxylic acids is 1. The summed E-state index contributed by atoms with van der Waals surface area (Å²) < 4.78 is 5.49. The second kappa shape index (κ2) is 8.53. The van der Waals surface area contributed by atoms with Crippen molar-refractivity contribution in [1.29, 1.82) is 0 Å². The Labute approximate surface area is 179 Å². The third-order valence-corrected chi connectivity index (χ3v) is 5.69. The predicted molar refractivity (Wildman–Crippen MR) is 112 cm³/mol. The van der Waals surface area contributed by atoms with Crippen LogP contribution >= 0.6 is 23.2 Å². The summed E-state index contributed by atoms with van der Waals surface area (Å²) in [6, 6.07) is 14.6. The van der Waals surface area contributed by atoms with Crippen LogP contribution in [0.1, 0.15) is 29.2 Å². The van der Waals surface area contributed by atoms with Gasteiger partial charge in [0.2, 0.25) is 11.7 Å². The molecule has 0 bridgehead atoms. The van der Waals surface area contributed by atoms with Gasteiger partial charge in [0.25, 0.3) is 5.91 Å². The summed E-state index contributed by atoms with van der Waals surface area (Å²) in [4.78, 5) is 21.4. The Bertz CT molecular complexity index is 1000. The molecule has 2 aromatic carbocycles. The van der Waals surface area contributed by atoms with Gasteiger partial charge in [-0.25, -0.2) is 0 Å². The lowest BCUT2D eigenvalue weighted by Gasteiger charge is -2.36. The van der Waals surface area contributed by atoms with Gasteiger partial charge < -0.3 is 9.42 Å². The van der Waals surface area contributed by atoms with Crippen LogP contribution in [0.2, 0.25) is 10.0 Å². The van der Waals surface area contributed by atoms with E-state index in [-0.39, 0.29) is 11.9 Å². The fraction of sp³-hybridized carbons (Fsp3) is 0.286. The first-order valence-electron chi connectivity index (χ1n) is 9.40. The summed E-state index contributed by atoms with van der Waals surface area (Å²) in [5.74, 6) is 1.08. The van der Waals surface area contributed by atoms with Crippen LogP contribution in [0.15, 0.2) is 53.1 Å². The first kappa shape index (κ1) is 19.9. The third kappa shape index (κ3) is 4.29. The lowest BCUT2D eigenvalue weighted by molar-refractivity contribution is 0.0552. The number of hydrogen-bond donors (Lipinski definition) is 0. The van der Waals surface area contributed by atoms with Crippen LogP contribution in [-0.2, 0) is 0 Å². The number of nitrogens with zero attached hydrogens (tertiary/aromatic N) is 4. The smallest absolute Gasteiger partial charge is 0.255 e. The van der Waals surface area contributed by atoms with Crippen LogP contribution in [0, 0.1) is 0 Å². The maximum atomic E-state index is 12.8. The molecule has 8 heteroatoms. The Balaban J connectivity index is 1.39. The molecule has 1 fully saturated rings. The molecule has 0 N–H and O–H groups in total. The molecule has 1 aromatic heterocycles. The normalized spacial score (nSPS) is 16.0. The van der Waals surface area contributed by atoms with E-state index in [2.05, 4.69) is 15.0 Å². The summed E-state index contributed by atoms with van der Waals surface area (Å²) in [6.45, 7) is 4.65. The lowest BCUT2D eigenvalue weighted by atomic mass is 10.1. The van der Waals surface area contributed by atoms with Crippen LogP contribution in [-0.4, -0.2) is 52.0 Å². The zero-order chi connectivity index (χ0) is 20.4. The molecular formula is C21H20Cl2N4O2. The number of rotatable bonds is 4. The second-order valence-electron chi connectivity index (χ2n) is 6.95. The molecule has 1 saturated heterocycles. The molecule has 0 spiro atoms. The summed E-state index contributed by atoms with van der Waals surface area (Å²) in [7, 11) is 0. The highest BCUT2D eigenvalue weighted by atomic mass is 35.5. The molecule has 1 amide bonds. The minimum atomic E-state index is -0.0804. The maximum absolute atomic E-state index is 12.8. The Kier molecular flexibility index (Phi) is 5.85. The Morgan fingerprint density at radius 3 is 2.48 bits per heavy atom. The number of aromatic nitrogens is 2. The van der Waals surface area contributed by atoms with E-state index in [1.165, 1.54) is 0 Å². The van der Waals surface area contributed by atoms with Crippen molar-refractivity contribution in [3.63, 3.8) is 0 Å². The number of halogens is 2. The molecule has 2 heterocycles. The molecule has 1 atom stereocenters. The number of hydrogen-bond acceptors (Lipinski definition) is 5. The number of piperazine rings is 1. The molecule has 6 nitrogen and oxygen atoms in total. The Morgan fingerprint density at radius 1 is 1.07 bits per heavy atom. The van der Waals surface area contributed by atoms with Crippen molar-refractivity contribution in [3.8, 4) is 11.4 Å². The van der Waals surface area contributed by atoms with Crippen LogP contribution in [0.3, 0.4) is 0 Å².